The van der Waals surface area contributed by atoms with E-state index in [1.54, 1.807) is 0 Å². The van der Waals surface area contributed by atoms with Gasteiger partial charge in [-0.1, -0.05) is 0 Å². The number of hydrogen-bond donors (Lipinski definition) is 6. The number of rotatable bonds is 5. The average Bonchev–Trinajstić information content (AvgIpc) is 3.02. The number of aromatic hydroxyl groups is 2. The fraction of sp³-hybridized carbons (Fsp3) is 0.529. The summed E-state index contributed by atoms with van der Waals surface area (Å²) in [6.45, 7) is 0. The van der Waals surface area contributed by atoms with Gasteiger partial charge in [-0.3, -0.25) is 4.79 Å². The van der Waals surface area contributed by atoms with Crippen molar-refractivity contribution in [1.82, 2.24) is 0 Å². The molecule has 0 radical (unpaired) electrons. The van der Waals surface area contributed by atoms with Crippen LogP contribution in [0.25, 0.3) is 0 Å². The van der Waals surface area contributed by atoms with Crippen molar-refractivity contribution >= 4 is 11.9 Å². The third-order valence-electron chi connectivity index (χ3n) is 4.59. The van der Waals surface area contributed by atoms with Crippen molar-refractivity contribution in [3.05, 3.63) is 17.7 Å². The number of hydrogen-bond acceptors (Lipinski definition) is 10. The number of esters is 1. The molecule has 0 saturated carbocycles. The van der Waals surface area contributed by atoms with Crippen molar-refractivity contribution in [1.29, 1.82) is 0 Å². The summed E-state index contributed by atoms with van der Waals surface area (Å²) in [6.07, 6.45) is -8.62. The number of ether oxygens (including phenoxy) is 3. The Bertz CT molecular complexity index is 740. The lowest BCUT2D eigenvalue weighted by molar-refractivity contribution is -0.271. The van der Waals surface area contributed by atoms with Gasteiger partial charge in [0.2, 0.25) is 12.0 Å². The van der Waals surface area contributed by atoms with Crippen LogP contribution in [0, 0.1) is 0 Å². The van der Waals surface area contributed by atoms with Gasteiger partial charge >= 0.3 is 11.9 Å². The molecule has 2 fully saturated rings. The molecule has 0 spiro atoms. The number of cyclic esters (lactones) is 1. The van der Waals surface area contributed by atoms with Crippen LogP contribution < -0.4 is 4.74 Å². The molecule has 0 aromatic heterocycles. The van der Waals surface area contributed by atoms with Crippen molar-refractivity contribution in [3.8, 4) is 17.2 Å². The Kier molecular flexibility index (Phi) is 5.61. The predicted molar refractivity (Wildman–Crippen MR) is 87.5 cm³/mol. The van der Waals surface area contributed by atoms with Crippen LogP contribution in [-0.2, 0) is 25.5 Å². The molecule has 2 aliphatic rings. The van der Waals surface area contributed by atoms with Crippen LogP contribution in [0.1, 0.15) is 18.4 Å². The molecule has 154 valence electrons. The van der Waals surface area contributed by atoms with E-state index in [1.807, 2.05) is 0 Å². The Morgan fingerprint density at radius 3 is 2.29 bits per heavy atom. The number of benzene rings is 1. The van der Waals surface area contributed by atoms with E-state index in [0.29, 0.717) is 18.4 Å². The molecule has 3 rings (SSSR count). The van der Waals surface area contributed by atoms with Crippen molar-refractivity contribution < 1.29 is 54.4 Å². The van der Waals surface area contributed by atoms with Gasteiger partial charge in [0.1, 0.15) is 24.4 Å². The molecule has 2 heterocycles. The molecule has 0 aliphatic carbocycles. The smallest absolute Gasteiger partial charge is 0.335 e. The van der Waals surface area contributed by atoms with Crippen molar-refractivity contribution in [2.75, 3.05) is 0 Å². The number of carbonyl (C=O) groups excluding carboxylic acids is 1. The largest absolute Gasteiger partial charge is 0.504 e. The van der Waals surface area contributed by atoms with Gasteiger partial charge in [-0.25, -0.2) is 4.79 Å². The second-order valence-electron chi connectivity index (χ2n) is 6.67. The minimum absolute atomic E-state index is 0.252. The lowest BCUT2D eigenvalue weighted by atomic mass is 9.99. The first-order valence-electron chi connectivity index (χ1n) is 8.51. The fourth-order valence-corrected chi connectivity index (χ4v) is 3.15. The first-order chi connectivity index (χ1) is 13.2. The Hall–Kier alpha value is -2.60. The van der Waals surface area contributed by atoms with E-state index < -0.39 is 53.9 Å². The Labute approximate surface area is 158 Å². The zero-order valence-corrected chi connectivity index (χ0v) is 14.5. The summed E-state index contributed by atoms with van der Waals surface area (Å²) in [4.78, 5) is 22.3. The highest BCUT2D eigenvalue weighted by Crippen LogP contribution is 2.39. The maximum Gasteiger partial charge on any atom is 0.335 e. The SMILES string of the molecule is O=C1CCC(Cc2cc(O)c(O[C@@H]3O[C@H](C(=O)O)[C@@H](O)[C@H](O)[C@H]3O)c(O)c2)O1. The molecule has 1 aromatic carbocycles. The maximum atomic E-state index is 11.1. The number of phenolic OH excluding ortho intramolecular Hbond substituents is 2. The van der Waals surface area contributed by atoms with Crippen LogP contribution in [0.3, 0.4) is 0 Å². The number of carbonyl (C=O) groups is 2. The van der Waals surface area contributed by atoms with Crippen molar-refractivity contribution in [3.63, 3.8) is 0 Å². The topological polar surface area (TPSA) is 183 Å². The molecule has 1 unspecified atom stereocenters. The van der Waals surface area contributed by atoms with E-state index in [4.69, 9.17) is 19.3 Å². The molecule has 2 aliphatic heterocycles. The van der Waals surface area contributed by atoms with Gasteiger partial charge < -0.3 is 44.8 Å². The molecule has 2 saturated heterocycles. The molecule has 6 N–H and O–H groups in total. The van der Waals surface area contributed by atoms with E-state index >= 15 is 0 Å². The van der Waals surface area contributed by atoms with Crippen LogP contribution in [0.5, 0.6) is 17.2 Å². The summed E-state index contributed by atoms with van der Waals surface area (Å²) >= 11 is 0. The predicted octanol–water partition coefficient (Wildman–Crippen LogP) is -1.38. The summed E-state index contributed by atoms with van der Waals surface area (Å²) in [5, 5.41) is 58.7. The van der Waals surface area contributed by atoms with Crippen LogP contribution >= 0.6 is 0 Å². The number of aliphatic carboxylic acids is 1. The van der Waals surface area contributed by atoms with Gasteiger partial charge in [0.05, 0.1) is 0 Å². The zero-order valence-electron chi connectivity index (χ0n) is 14.5. The number of phenols is 2. The van der Waals surface area contributed by atoms with Gasteiger partial charge in [0, 0.05) is 12.8 Å². The lowest BCUT2D eigenvalue weighted by Gasteiger charge is -2.38. The third-order valence-corrected chi connectivity index (χ3v) is 4.59. The minimum atomic E-state index is -1.90. The highest BCUT2D eigenvalue weighted by atomic mass is 16.7. The quantitative estimate of drug-likeness (QED) is 0.320. The molecule has 1 aromatic rings. The molecule has 11 heteroatoms. The molecule has 0 bridgehead atoms. The van der Waals surface area contributed by atoms with E-state index in [-0.39, 0.29) is 18.5 Å². The summed E-state index contributed by atoms with van der Waals surface area (Å²) in [6, 6.07) is 2.49. The van der Waals surface area contributed by atoms with Crippen LogP contribution in [-0.4, -0.2) is 79.4 Å². The second-order valence-corrected chi connectivity index (χ2v) is 6.67. The minimum Gasteiger partial charge on any atom is -0.504 e. The van der Waals surface area contributed by atoms with Crippen LogP contribution in [0.2, 0.25) is 0 Å². The monoisotopic (exact) mass is 400 g/mol. The highest BCUT2D eigenvalue weighted by Gasteiger charge is 2.48. The normalized spacial score (nSPS) is 32.8. The standard InChI is InChI=1S/C17H20O11/c18-8-4-6(3-7-1-2-10(20)26-7)5-9(19)14(8)27-17-13(23)11(21)12(22)15(28-17)16(24)25/h4-5,7,11-13,15,17-19,21-23H,1-3H2,(H,24,25)/t7?,11-,12-,13+,15-,17+/m0/s1. The highest BCUT2D eigenvalue weighted by molar-refractivity contribution is 5.73. The number of carboxylic acids is 1. The van der Waals surface area contributed by atoms with Gasteiger partial charge in [0.15, 0.2) is 17.6 Å². The second kappa shape index (κ2) is 7.80. The number of carboxylic acid groups (broad SMARTS) is 1. The van der Waals surface area contributed by atoms with Crippen LogP contribution in [0.4, 0.5) is 0 Å². The molecular weight excluding hydrogens is 380 g/mol. The maximum absolute atomic E-state index is 11.1. The Morgan fingerprint density at radius 2 is 1.75 bits per heavy atom. The molecular formula is C17H20O11. The fourth-order valence-electron chi connectivity index (χ4n) is 3.15. The van der Waals surface area contributed by atoms with Gasteiger partial charge in [-0.15, -0.1) is 0 Å². The van der Waals surface area contributed by atoms with Crippen LogP contribution in [0.15, 0.2) is 12.1 Å². The van der Waals surface area contributed by atoms with Crippen molar-refractivity contribution in [2.45, 2.75) is 56.1 Å². The summed E-state index contributed by atoms with van der Waals surface area (Å²) in [5.74, 6) is -3.51. The molecule has 11 nitrogen and oxygen atoms in total. The first kappa shape index (κ1) is 20.1. The van der Waals surface area contributed by atoms with Gasteiger partial charge in [-0.05, 0) is 24.1 Å². The van der Waals surface area contributed by atoms with Crippen molar-refractivity contribution in [2.24, 2.45) is 0 Å². The summed E-state index contributed by atoms with van der Waals surface area (Å²) in [7, 11) is 0. The first-order valence-corrected chi connectivity index (χ1v) is 8.51. The van der Waals surface area contributed by atoms with Gasteiger partial charge in [0.25, 0.3) is 0 Å². The van der Waals surface area contributed by atoms with E-state index in [0.717, 1.165) is 0 Å². The molecule has 28 heavy (non-hydrogen) atoms. The molecule has 6 atom stereocenters. The third kappa shape index (κ3) is 3.97. The Morgan fingerprint density at radius 1 is 1.11 bits per heavy atom. The van der Waals surface area contributed by atoms with E-state index in [9.17, 15) is 35.1 Å². The lowest BCUT2D eigenvalue weighted by Crippen LogP contribution is -2.61. The summed E-state index contributed by atoms with van der Waals surface area (Å²) < 4.78 is 15.2. The zero-order chi connectivity index (χ0) is 20.6. The molecule has 0 amide bonds. The van der Waals surface area contributed by atoms with E-state index in [2.05, 4.69) is 0 Å². The number of aliphatic hydroxyl groups is 3. The van der Waals surface area contributed by atoms with Gasteiger partial charge in [-0.2, -0.15) is 0 Å². The van der Waals surface area contributed by atoms with E-state index in [1.165, 1.54) is 12.1 Å². The summed E-state index contributed by atoms with van der Waals surface area (Å²) in [5.41, 5.74) is 0.450. The Balaban J connectivity index is 1.76. The number of aliphatic hydroxyl groups excluding tert-OH is 3. The average molecular weight is 400 g/mol.